The lowest BCUT2D eigenvalue weighted by Crippen LogP contribution is -2.09. The lowest BCUT2D eigenvalue weighted by Gasteiger charge is -2.26. The van der Waals surface area contributed by atoms with Crippen molar-refractivity contribution in [3.63, 3.8) is 0 Å². The lowest BCUT2D eigenvalue weighted by molar-refractivity contribution is 0.668. The molecular weight excluding hydrogens is 657 g/mol. The van der Waals surface area contributed by atoms with E-state index in [4.69, 9.17) is 4.42 Å². The summed E-state index contributed by atoms with van der Waals surface area (Å²) in [5.74, 6) is 0. The van der Waals surface area contributed by atoms with E-state index in [1.54, 1.807) is 0 Å². The molecule has 0 amide bonds. The van der Waals surface area contributed by atoms with Gasteiger partial charge in [0.15, 0.2) is 5.58 Å². The summed E-state index contributed by atoms with van der Waals surface area (Å²) < 4.78 is 6.18. The number of benzene rings is 9. The standard InChI is InChI=1S/C51H32N2O/c1-3-12-40-35(10-1)30-46(44-16-7-5-14-42(40)44)33-19-23-37(24-20-33)53(39-27-28-49-48(32-39)51-50(54-49)18-9-29-52-51)38-25-21-34(22-26-38)47-31-36-11-2-4-13-41(36)43-15-6-8-17-45(43)47/h1-32H. The van der Waals surface area contributed by atoms with Crippen molar-refractivity contribution in [2.24, 2.45) is 0 Å². The molecule has 54 heavy (non-hydrogen) atoms. The van der Waals surface area contributed by atoms with Gasteiger partial charge in [0.05, 0.1) is 0 Å². The van der Waals surface area contributed by atoms with E-state index in [2.05, 4.69) is 186 Å². The van der Waals surface area contributed by atoms with E-state index in [0.717, 1.165) is 39.1 Å². The van der Waals surface area contributed by atoms with E-state index >= 15 is 0 Å². The van der Waals surface area contributed by atoms with Crippen molar-refractivity contribution in [1.82, 2.24) is 4.98 Å². The van der Waals surface area contributed by atoms with E-state index in [9.17, 15) is 0 Å². The highest BCUT2D eigenvalue weighted by molar-refractivity contribution is 6.15. The molecule has 0 aliphatic carbocycles. The van der Waals surface area contributed by atoms with Crippen molar-refractivity contribution < 1.29 is 4.42 Å². The predicted octanol–water partition coefficient (Wildman–Crippen LogP) is 14.4. The van der Waals surface area contributed by atoms with Crippen molar-refractivity contribution >= 4 is 82.2 Å². The van der Waals surface area contributed by atoms with E-state index in [0.29, 0.717) is 0 Å². The molecule has 0 aliphatic rings. The minimum absolute atomic E-state index is 0.787. The fraction of sp³-hybridized carbons (Fsp3) is 0. The zero-order valence-electron chi connectivity index (χ0n) is 29.3. The van der Waals surface area contributed by atoms with Crippen LogP contribution in [0, 0.1) is 0 Å². The van der Waals surface area contributed by atoms with Crippen LogP contribution in [0.1, 0.15) is 0 Å². The van der Waals surface area contributed by atoms with Crippen molar-refractivity contribution in [1.29, 1.82) is 0 Å². The third-order valence-corrected chi connectivity index (χ3v) is 10.9. The Morgan fingerprint density at radius 3 is 1.39 bits per heavy atom. The Morgan fingerprint density at radius 2 is 0.833 bits per heavy atom. The number of hydrogen-bond donors (Lipinski definition) is 0. The van der Waals surface area contributed by atoms with Gasteiger partial charge in [0.2, 0.25) is 0 Å². The molecule has 11 aromatic rings. The second-order valence-electron chi connectivity index (χ2n) is 13.9. The summed E-state index contributed by atoms with van der Waals surface area (Å²) >= 11 is 0. The van der Waals surface area contributed by atoms with Gasteiger partial charge in [-0.15, -0.1) is 0 Å². The Balaban J connectivity index is 1.06. The Bertz CT molecular complexity index is 3050. The largest absolute Gasteiger partial charge is 0.454 e. The van der Waals surface area contributed by atoms with Crippen LogP contribution in [0.2, 0.25) is 0 Å². The van der Waals surface area contributed by atoms with E-state index in [-0.39, 0.29) is 0 Å². The van der Waals surface area contributed by atoms with Gasteiger partial charge >= 0.3 is 0 Å². The van der Waals surface area contributed by atoms with Crippen LogP contribution in [-0.2, 0) is 0 Å². The van der Waals surface area contributed by atoms with E-state index < -0.39 is 0 Å². The molecule has 11 rings (SSSR count). The molecule has 3 heteroatoms. The van der Waals surface area contributed by atoms with E-state index in [1.165, 1.54) is 65.3 Å². The van der Waals surface area contributed by atoms with Crippen LogP contribution in [0.5, 0.6) is 0 Å². The van der Waals surface area contributed by atoms with Crippen molar-refractivity contribution in [3.05, 3.63) is 194 Å². The summed E-state index contributed by atoms with van der Waals surface area (Å²) in [4.78, 5) is 7.01. The number of fused-ring (bicyclic) bond motifs is 9. The highest BCUT2D eigenvalue weighted by Gasteiger charge is 2.18. The van der Waals surface area contributed by atoms with Gasteiger partial charge in [-0.3, -0.25) is 4.98 Å². The number of anilines is 3. The number of pyridine rings is 1. The fourth-order valence-electron chi connectivity index (χ4n) is 8.34. The Morgan fingerprint density at radius 1 is 0.352 bits per heavy atom. The Labute approximate surface area is 312 Å². The second kappa shape index (κ2) is 12.2. The van der Waals surface area contributed by atoms with Crippen LogP contribution in [0.25, 0.3) is 87.4 Å². The maximum absolute atomic E-state index is 6.18. The lowest BCUT2D eigenvalue weighted by atomic mass is 9.93. The molecule has 0 N–H and O–H groups in total. The zero-order valence-corrected chi connectivity index (χ0v) is 29.3. The van der Waals surface area contributed by atoms with Gasteiger partial charge in [-0.1, -0.05) is 121 Å². The highest BCUT2D eigenvalue weighted by Crippen LogP contribution is 2.42. The number of nitrogens with zero attached hydrogens (tertiary/aromatic N) is 2. The summed E-state index contributed by atoms with van der Waals surface area (Å²) in [6.07, 6.45) is 1.83. The van der Waals surface area contributed by atoms with Crippen LogP contribution in [-0.4, -0.2) is 4.98 Å². The molecule has 0 saturated heterocycles. The molecule has 0 spiro atoms. The van der Waals surface area contributed by atoms with Gasteiger partial charge in [0.1, 0.15) is 11.1 Å². The molecule has 252 valence electrons. The topological polar surface area (TPSA) is 29.3 Å². The van der Waals surface area contributed by atoms with Gasteiger partial charge in [-0.25, -0.2) is 0 Å². The summed E-state index contributed by atoms with van der Waals surface area (Å²) in [7, 11) is 0. The molecule has 0 bridgehead atoms. The summed E-state index contributed by atoms with van der Waals surface area (Å²) in [5.41, 5.74) is 10.5. The molecule has 2 aromatic heterocycles. The van der Waals surface area contributed by atoms with Gasteiger partial charge in [-0.05, 0) is 132 Å². The summed E-state index contributed by atoms with van der Waals surface area (Å²) in [6, 6.07) is 67.6. The van der Waals surface area contributed by atoms with Crippen LogP contribution < -0.4 is 4.90 Å². The number of rotatable bonds is 5. The molecule has 9 aromatic carbocycles. The molecule has 0 radical (unpaired) electrons. The molecular formula is C51H32N2O. The molecule has 0 unspecified atom stereocenters. The third-order valence-electron chi connectivity index (χ3n) is 10.9. The van der Waals surface area contributed by atoms with Crippen molar-refractivity contribution in [2.45, 2.75) is 0 Å². The molecule has 2 heterocycles. The highest BCUT2D eigenvalue weighted by atomic mass is 16.3. The monoisotopic (exact) mass is 688 g/mol. The maximum Gasteiger partial charge on any atom is 0.153 e. The van der Waals surface area contributed by atoms with Crippen LogP contribution in [0.4, 0.5) is 17.1 Å². The quantitative estimate of drug-likeness (QED) is 0.169. The van der Waals surface area contributed by atoms with E-state index in [1.807, 2.05) is 18.3 Å². The van der Waals surface area contributed by atoms with Crippen LogP contribution in [0.15, 0.2) is 199 Å². The SMILES string of the molecule is c1ccc2c(c1)cc(-c1ccc(N(c3ccc(-c4cc5ccccc5c5ccccc45)cc3)c3ccc4oc5cccnc5c4c3)cc1)c1ccccc12. The van der Waals surface area contributed by atoms with Gasteiger partial charge < -0.3 is 9.32 Å². The first-order valence-corrected chi connectivity index (χ1v) is 18.4. The first-order chi connectivity index (χ1) is 26.8. The first-order valence-electron chi connectivity index (χ1n) is 18.4. The number of hydrogen-bond acceptors (Lipinski definition) is 3. The molecule has 3 nitrogen and oxygen atoms in total. The van der Waals surface area contributed by atoms with Gasteiger partial charge in [0, 0.05) is 28.6 Å². The maximum atomic E-state index is 6.18. The minimum atomic E-state index is 0.787. The van der Waals surface area contributed by atoms with Gasteiger partial charge in [-0.2, -0.15) is 0 Å². The average Bonchev–Trinajstić information content (AvgIpc) is 3.62. The summed E-state index contributed by atoms with van der Waals surface area (Å²) in [5, 5.41) is 11.1. The van der Waals surface area contributed by atoms with Crippen molar-refractivity contribution in [2.75, 3.05) is 4.90 Å². The smallest absolute Gasteiger partial charge is 0.153 e. The van der Waals surface area contributed by atoms with Crippen LogP contribution in [0.3, 0.4) is 0 Å². The van der Waals surface area contributed by atoms with Crippen LogP contribution >= 0.6 is 0 Å². The summed E-state index contributed by atoms with van der Waals surface area (Å²) in [6.45, 7) is 0. The Kier molecular flexibility index (Phi) is 6.86. The zero-order chi connectivity index (χ0) is 35.6. The minimum Gasteiger partial charge on any atom is -0.454 e. The number of furan rings is 1. The molecule has 0 saturated carbocycles. The number of aromatic nitrogens is 1. The molecule has 0 atom stereocenters. The predicted molar refractivity (Wildman–Crippen MR) is 227 cm³/mol. The van der Waals surface area contributed by atoms with Crippen molar-refractivity contribution in [3.8, 4) is 22.3 Å². The average molecular weight is 689 g/mol. The second-order valence-corrected chi connectivity index (χ2v) is 13.9. The molecule has 0 fully saturated rings. The normalized spacial score (nSPS) is 11.7. The third kappa shape index (κ3) is 4.87. The van der Waals surface area contributed by atoms with Gasteiger partial charge in [0.25, 0.3) is 0 Å². The fourth-order valence-corrected chi connectivity index (χ4v) is 8.34. The first kappa shape index (κ1) is 30.4. The Hall–Kier alpha value is -7.23. The molecule has 0 aliphatic heterocycles.